The third-order valence-corrected chi connectivity index (χ3v) is 2.81. The molecule has 3 nitrogen and oxygen atoms in total. The average Bonchev–Trinajstić information content (AvgIpc) is 2.40. The Morgan fingerprint density at radius 1 is 1.71 bits per heavy atom. The van der Waals surface area contributed by atoms with E-state index in [1.165, 1.54) is 7.11 Å². The summed E-state index contributed by atoms with van der Waals surface area (Å²) in [5.74, 6) is -0.562. The predicted molar refractivity (Wildman–Crippen MR) is 53.7 cm³/mol. The van der Waals surface area contributed by atoms with E-state index in [1.54, 1.807) is 6.92 Å². The second-order valence-corrected chi connectivity index (χ2v) is 4.38. The summed E-state index contributed by atoms with van der Waals surface area (Å²) >= 11 is 0. The number of carbonyl (C=O) groups excluding carboxylic acids is 1. The molecule has 0 aromatic carbocycles. The monoisotopic (exact) mass is 198 g/mol. The number of carbonyl (C=O) groups is 1. The van der Waals surface area contributed by atoms with E-state index in [9.17, 15) is 9.90 Å². The SMILES string of the molecule is COC(=O)[C@@H]1C(C(C)C)=CC[C@@]1(C)O. The summed E-state index contributed by atoms with van der Waals surface area (Å²) in [4.78, 5) is 11.5. The summed E-state index contributed by atoms with van der Waals surface area (Å²) < 4.78 is 4.71. The van der Waals surface area contributed by atoms with E-state index in [1.807, 2.05) is 19.9 Å². The first-order chi connectivity index (χ1) is 6.40. The Balaban J connectivity index is 2.95. The smallest absolute Gasteiger partial charge is 0.315 e. The van der Waals surface area contributed by atoms with Crippen molar-refractivity contribution >= 4 is 5.97 Å². The van der Waals surface area contributed by atoms with Crippen molar-refractivity contribution in [3.63, 3.8) is 0 Å². The standard InChI is InChI=1S/C11H18O3/c1-7(2)8-5-6-11(3,13)9(8)10(12)14-4/h5,7,9,13H,6H2,1-4H3/t9-,11+/m0/s1. The molecule has 0 saturated carbocycles. The molecule has 14 heavy (non-hydrogen) atoms. The van der Waals surface area contributed by atoms with Crippen molar-refractivity contribution in [2.75, 3.05) is 7.11 Å². The van der Waals surface area contributed by atoms with Crippen LogP contribution in [0.4, 0.5) is 0 Å². The lowest BCUT2D eigenvalue weighted by Gasteiger charge is -2.27. The van der Waals surface area contributed by atoms with Gasteiger partial charge in [-0.2, -0.15) is 0 Å². The van der Waals surface area contributed by atoms with Crippen LogP contribution in [0.3, 0.4) is 0 Å². The zero-order valence-corrected chi connectivity index (χ0v) is 9.20. The van der Waals surface area contributed by atoms with Crippen LogP contribution >= 0.6 is 0 Å². The van der Waals surface area contributed by atoms with E-state index in [0.29, 0.717) is 6.42 Å². The van der Waals surface area contributed by atoms with Crippen molar-refractivity contribution in [1.82, 2.24) is 0 Å². The number of aliphatic hydroxyl groups is 1. The van der Waals surface area contributed by atoms with Crippen molar-refractivity contribution in [3.05, 3.63) is 11.6 Å². The fourth-order valence-corrected chi connectivity index (χ4v) is 2.00. The van der Waals surface area contributed by atoms with Crippen LogP contribution in [0.2, 0.25) is 0 Å². The Bertz CT molecular complexity index is 264. The molecule has 2 atom stereocenters. The molecule has 1 rings (SSSR count). The fraction of sp³-hybridized carbons (Fsp3) is 0.727. The molecule has 80 valence electrons. The molecular formula is C11H18O3. The van der Waals surface area contributed by atoms with Gasteiger partial charge in [-0.25, -0.2) is 0 Å². The Morgan fingerprint density at radius 2 is 2.29 bits per heavy atom. The van der Waals surface area contributed by atoms with Crippen LogP contribution in [0.25, 0.3) is 0 Å². The minimum absolute atomic E-state index is 0.271. The van der Waals surface area contributed by atoms with Gasteiger partial charge in [0.15, 0.2) is 0 Å². The molecule has 1 N–H and O–H groups in total. The molecule has 1 aliphatic rings. The highest BCUT2D eigenvalue weighted by Crippen LogP contribution is 2.39. The van der Waals surface area contributed by atoms with E-state index >= 15 is 0 Å². The summed E-state index contributed by atoms with van der Waals surface area (Å²) in [5.41, 5.74) is 0.00836. The Morgan fingerprint density at radius 3 is 2.71 bits per heavy atom. The van der Waals surface area contributed by atoms with Gasteiger partial charge in [0.1, 0.15) is 5.92 Å². The number of hydrogen-bond acceptors (Lipinski definition) is 3. The first-order valence-electron chi connectivity index (χ1n) is 4.90. The quantitative estimate of drug-likeness (QED) is 0.540. The predicted octanol–water partition coefficient (Wildman–Crippen LogP) is 1.51. The van der Waals surface area contributed by atoms with Gasteiger partial charge >= 0.3 is 5.97 Å². The summed E-state index contributed by atoms with van der Waals surface area (Å²) in [6.45, 7) is 5.72. The van der Waals surface area contributed by atoms with Gasteiger partial charge in [0.05, 0.1) is 12.7 Å². The van der Waals surface area contributed by atoms with E-state index in [-0.39, 0.29) is 11.9 Å². The Labute approximate surface area is 84.8 Å². The highest BCUT2D eigenvalue weighted by atomic mass is 16.5. The van der Waals surface area contributed by atoms with Crippen molar-refractivity contribution in [2.24, 2.45) is 11.8 Å². The Kier molecular flexibility index (Phi) is 3.00. The van der Waals surface area contributed by atoms with Crippen molar-refractivity contribution < 1.29 is 14.6 Å². The third-order valence-electron chi connectivity index (χ3n) is 2.81. The van der Waals surface area contributed by atoms with Crippen molar-refractivity contribution in [1.29, 1.82) is 0 Å². The lowest BCUT2D eigenvalue weighted by atomic mass is 9.84. The summed E-state index contributed by atoms with van der Waals surface area (Å²) in [7, 11) is 1.36. The summed E-state index contributed by atoms with van der Waals surface area (Å²) in [5, 5.41) is 10.0. The van der Waals surface area contributed by atoms with E-state index in [0.717, 1.165) is 5.57 Å². The third kappa shape index (κ3) is 1.82. The molecule has 0 bridgehead atoms. The minimum atomic E-state index is -0.979. The van der Waals surface area contributed by atoms with Gasteiger partial charge in [0, 0.05) is 0 Å². The van der Waals surface area contributed by atoms with Crippen LogP contribution in [0.1, 0.15) is 27.2 Å². The summed E-state index contributed by atoms with van der Waals surface area (Å²) in [6.07, 6.45) is 2.48. The maximum absolute atomic E-state index is 11.5. The zero-order valence-electron chi connectivity index (χ0n) is 9.20. The van der Waals surface area contributed by atoms with Crippen LogP contribution in [-0.2, 0) is 9.53 Å². The molecule has 3 heteroatoms. The van der Waals surface area contributed by atoms with Crippen LogP contribution in [-0.4, -0.2) is 23.8 Å². The normalized spacial score (nSPS) is 31.9. The zero-order chi connectivity index (χ0) is 10.9. The molecular weight excluding hydrogens is 180 g/mol. The number of ether oxygens (including phenoxy) is 1. The Hall–Kier alpha value is -0.830. The highest BCUT2D eigenvalue weighted by Gasteiger charge is 2.44. The van der Waals surface area contributed by atoms with Crippen LogP contribution < -0.4 is 0 Å². The molecule has 0 saturated heterocycles. The molecule has 0 unspecified atom stereocenters. The number of rotatable bonds is 2. The highest BCUT2D eigenvalue weighted by molar-refractivity contribution is 5.78. The first-order valence-corrected chi connectivity index (χ1v) is 4.90. The molecule has 1 aliphatic carbocycles. The van der Waals surface area contributed by atoms with Crippen LogP contribution in [0, 0.1) is 11.8 Å². The molecule has 0 aliphatic heterocycles. The minimum Gasteiger partial charge on any atom is -0.468 e. The van der Waals surface area contributed by atoms with Gasteiger partial charge in [0.2, 0.25) is 0 Å². The van der Waals surface area contributed by atoms with Gasteiger partial charge in [-0.1, -0.05) is 25.5 Å². The lowest BCUT2D eigenvalue weighted by Crippen LogP contribution is -2.38. The second kappa shape index (κ2) is 3.73. The molecule has 0 spiro atoms. The van der Waals surface area contributed by atoms with E-state index in [4.69, 9.17) is 4.74 Å². The van der Waals surface area contributed by atoms with E-state index < -0.39 is 11.5 Å². The van der Waals surface area contributed by atoms with Gasteiger partial charge in [-0.15, -0.1) is 0 Å². The average molecular weight is 198 g/mol. The largest absolute Gasteiger partial charge is 0.468 e. The molecule has 0 heterocycles. The van der Waals surface area contributed by atoms with Gasteiger partial charge < -0.3 is 9.84 Å². The van der Waals surface area contributed by atoms with Crippen LogP contribution in [0.5, 0.6) is 0 Å². The topological polar surface area (TPSA) is 46.5 Å². The maximum atomic E-state index is 11.5. The van der Waals surface area contributed by atoms with Crippen LogP contribution in [0.15, 0.2) is 11.6 Å². The molecule has 0 aromatic heterocycles. The van der Waals surface area contributed by atoms with Gasteiger partial charge in [-0.3, -0.25) is 4.79 Å². The number of esters is 1. The molecule has 0 fully saturated rings. The van der Waals surface area contributed by atoms with Gasteiger partial charge in [-0.05, 0) is 19.3 Å². The number of hydrogen-bond donors (Lipinski definition) is 1. The van der Waals surface area contributed by atoms with Gasteiger partial charge in [0.25, 0.3) is 0 Å². The number of methoxy groups -OCH3 is 1. The first kappa shape index (κ1) is 11.2. The molecule has 0 aromatic rings. The second-order valence-electron chi connectivity index (χ2n) is 4.38. The van der Waals surface area contributed by atoms with Crippen molar-refractivity contribution in [3.8, 4) is 0 Å². The molecule has 0 radical (unpaired) electrons. The fourth-order valence-electron chi connectivity index (χ4n) is 2.00. The van der Waals surface area contributed by atoms with E-state index in [2.05, 4.69) is 0 Å². The summed E-state index contributed by atoms with van der Waals surface area (Å²) in [6, 6.07) is 0. The molecule has 0 amide bonds. The van der Waals surface area contributed by atoms with Crippen molar-refractivity contribution in [2.45, 2.75) is 32.8 Å². The lowest BCUT2D eigenvalue weighted by molar-refractivity contribution is -0.151. The maximum Gasteiger partial charge on any atom is 0.315 e.